The van der Waals surface area contributed by atoms with E-state index >= 15 is 0 Å². The summed E-state index contributed by atoms with van der Waals surface area (Å²) in [6, 6.07) is 7.84. The van der Waals surface area contributed by atoms with E-state index in [0.29, 0.717) is 8.67 Å². The Kier molecular flexibility index (Phi) is 4.51. The van der Waals surface area contributed by atoms with Gasteiger partial charge in [-0.2, -0.15) is 0 Å². The van der Waals surface area contributed by atoms with Gasteiger partial charge in [-0.25, -0.2) is 0 Å². The zero-order valence-electron chi connectivity index (χ0n) is 13.9. The number of ketones is 2. The summed E-state index contributed by atoms with van der Waals surface area (Å²) in [5.41, 5.74) is 3.71. The molecule has 0 N–H and O–H groups in total. The Morgan fingerprint density at radius 3 is 2.32 bits per heavy atom. The van der Waals surface area contributed by atoms with Gasteiger partial charge in [0.15, 0.2) is 11.6 Å². The summed E-state index contributed by atoms with van der Waals surface area (Å²) in [6.07, 6.45) is 3.26. The standard InChI is InChI=1S/C20H18Cl2O2S/c1-2-10-3-4-11(15-9-16(21)25-20(15)22)8-14(10)17-18(23)12-5-6-13(7-12)19(17)24/h3-4,8-9,12-13,17H,2,5-7H2,1H3/t12-,13+,17?. The van der Waals surface area contributed by atoms with Gasteiger partial charge in [0.05, 0.1) is 4.34 Å². The molecule has 0 spiro atoms. The minimum absolute atomic E-state index is 0.0558. The Hall–Kier alpha value is -1.16. The normalized spacial score (nSPS) is 25.6. The molecule has 1 heterocycles. The van der Waals surface area contributed by atoms with Gasteiger partial charge in [-0.05, 0) is 54.5 Å². The summed E-state index contributed by atoms with van der Waals surface area (Å²) < 4.78 is 1.26. The highest BCUT2D eigenvalue weighted by molar-refractivity contribution is 7.20. The van der Waals surface area contributed by atoms with Crippen molar-refractivity contribution < 1.29 is 9.59 Å². The van der Waals surface area contributed by atoms with Gasteiger partial charge in [0.1, 0.15) is 10.3 Å². The molecule has 0 radical (unpaired) electrons. The van der Waals surface area contributed by atoms with E-state index in [1.165, 1.54) is 11.3 Å². The Balaban J connectivity index is 1.83. The largest absolute Gasteiger partial charge is 0.298 e. The van der Waals surface area contributed by atoms with Gasteiger partial charge in [0, 0.05) is 17.4 Å². The summed E-state index contributed by atoms with van der Waals surface area (Å²) >= 11 is 13.7. The zero-order chi connectivity index (χ0) is 17.7. The lowest BCUT2D eigenvalue weighted by molar-refractivity contribution is -0.135. The number of hydrogen-bond donors (Lipinski definition) is 0. The SMILES string of the molecule is CCc1ccc(-c2cc(Cl)sc2Cl)cc1C1C(=O)[C@@H]2CC[C@@H](C2)C1=O. The van der Waals surface area contributed by atoms with Gasteiger partial charge in [0.25, 0.3) is 0 Å². The molecule has 2 bridgehead atoms. The van der Waals surface area contributed by atoms with Crippen molar-refractivity contribution in [3.8, 4) is 11.1 Å². The van der Waals surface area contributed by atoms with Crippen LogP contribution < -0.4 is 0 Å². The van der Waals surface area contributed by atoms with E-state index in [0.717, 1.165) is 47.9 Å². The predicted octanol–water partition coefficient (Wildman–Crippen LogP) is 5.94. The lowest BCUT2D eigenvalue weighted by Gasteiger charge is -2.27. The zero-order valence-corrected chi connectivity index (χ0v) is 16.2. The fraction of sp³-hybridized carbons (Fsp3) is 0.400. The number of Topliss-reactive ketones (excluding diaryl/α,β-unsaturated/α-hetero) is 2. The smallest absolute Gasteiger partial charge is 0.150 e. The second kappa shape index (κ2) is 6.53. The van der Waals surface area contributed by atoms with Crippen molar-refractivity contribution in [2.45, 2.75) is 38.5 Å². The summed E-state index contributed by atoms with van der Waals surface area (Å²) in [4.78, 5) is 25.8. The van der Waals surface area contributed by atoms with Gasteiger partial charge in [0.2, 0.25) is 0 Å². The lowest BCUT2D eigenvalue weighted by atomic mass is 9.73. The molecule has 1 aromatic carbocycles. The number of rotatable bonds is 3. The summed E-state index contributed by atoms with van der Waals surface area (Å²) in [6.45, 7) is 2.05. The van der Waals surface area contributed by atoms with Crippen LogP contribution in [-0.2, 0) is 16.0 Å². The van der Waals surface area contributed by atoms with Gasteiger partial charge in [-0.15, -0.1) is 11.3 Å². The van der Waals surface area contributed by atoms with Gasteiger partial charge < -0.3 is 0 Å². The van der Waals surface area contributed by atoms with Crippen LogP contribution in [-0.4, -0.2) is 11.6 Å². The van der Waals surface area contributed by atoms with Crippen LogP contribution in [0.1, 0.15) is 43.2 Å². The number of carbonyl (C=O) groups is 2. The van der Waals surface area contributed by atoms with Crippen LogP contribution in [0.15, 0.2) is 24.3 Å². The average molecular weight is 393 g/mol. The predicted molar refractivity (Wildman–Crippen MR) is 103 cm³/mol. The minimum Gasteiger partial charge on any atom is -0.298 e. The third-order valence-corrected chi connectivity index (χ3v) is 7.10. The topological polar surface area (TPSA) is 34.1 Å². The first-order valence-corrected chi connectivity index (χ1v) is 10.2. The van der Waals surface area contributed by atoms with E-state index in [-0.39, 0.29) is 23.4 Å². The molecule has 2 nitrogen and oxygen atoms in total. The fourth-order valence-electron chi connectivity index (χ4n) is 4.31. The van der Waals surface area contributed by atoms with Crippen molar-refractivity contribution in [2.75, 3.05) is 0 Å². The van der Waals surface area contributed by atoms with Crippen LogP contribution in [0, 0.1) is 11.8 Å². The number of fused-ring (bicyclic) bond motifs is 2. The van der Waals surface area contributed by atoms with Crippen LogP contribution in [0.2, 0.25) is 8.67 Å². The first kappa shape index (κ1) is 17.3. The minimum atomic E-state index is -0.603. The highest BCUT2D eigenvalue weighted by Crippen LogP contribution is 2.46. The molecule has 2 aromatic rings. The molecule has 2 aliphatic rings. The molecule has 0 amide bonds. The van der Waals surface area contributed by atoms with E-state index in [1.54, 1.807) is 0 Å². The van der Waals surface area contributed by atoms with Crippen LogP contribution >= 0.6 is 34.5 Å². The number of aryl methyl sites for hydroxylation is 1. The molecular formula is C20H18Cl2O2S. The Labute approximate surface area is 161 Å². The highest BCUT2D eigenvalue weighted by atomic mass is 35.5. The second-order valence-corrected chi connectivity index (χ2v) is 9.24. The van der Waals surface area contributed by atoms with Gasteiger partial charge in [-0.3, -0.25) is 9.59 Å². The van der Waals surface area contributed by atoms with Crippen molar-refractivity contribution in [2.24, 2.45) is 11.8 Å². The van der Waals surface area contributed by atoms with E-state index in [9.17, 15) is 9.59 Å². The van der Waals surface area contributed by atoms with Crippen LogP contribution in [0.3, 0.4) is 0 Å². The second-order valence-electron chi connectivity index (χ2n) is 6.95. The molecule has 1 unspecified atom stereocenters. The summed E-state index contributed by atoms with van der Waals surface area (Å²) in [5, 5.41) is 0. The van der Waals surface area contributed by atoms with E-state index < -0.39 is 5.92 Å². The lowest BCUT2D eigenvalue weighted by Crippen LogP contribution is -2.35. The Morgan fingerprint density at radius 1 is 1.08 bits per heavy atom. The van der Waals surface area contributed by atoms with E-state index in [2.05, 4.69) is 6.92 Å². The van der Waals surface area contributed by atoms with Crippen molar-refractivity contribution >= 4 is 46.1 Å². The van der Waals surface area contributed by atoms with Gasteiger partial charge >= 0.3 is 0 Å². The van der Waals surface area contributed by atoms with Crippen molar-refractivity contribution in [1.29, 1.82) is 0 Å². The maximum atomic E-state index is 12.9. The van der Waals surface area contributed by atoms with E-state index in [1.807, 2.05) is 24.3 Å². The van der Waals surface area contributed by atoms with Crippen LogP contribution in [0.25, 0.3) is 11.1 Å². The molecule has 3 atom stereocenters. The Bertz CT molecular complexity index is 849. The molecule has 2 saturated carbocycles. The average Bonchev–Trinajstić information content (AvgIpc) is 3.18. The van der Waals surface area contributed by atoms with Crippen molar-refractivity contribution in [3.05, 3.63) is 44.1 Å². The third-order valence-electron chi connectivity index (χ3n) is 5.61. The number of carbonyl (C=O) groups excluding carboxylic acids is 2. The molecule has 130 valence electrons. The molecule has 1 aromatic heterocycles. The molecule has 5 heteroatoms. The molecule has 0 aliphatic heterocycles. The van der Waals surface area contributed by atoms with Crippen molar-refractivity contribution in [1.82, 2.24) is 0 Å². The maximum absolute atomic E-state index is 12.9. The van der Waals surface area contributed by atoms with Crippen LogP contribution in [0.4, 0.5) is 0 Å². The van der Waals surface area contributed by atoms with Crippen LogP contribution in [0.5, 0.6) is 0 Å². The highest BCUT2D eigenvalue weighted by Gasteiger charge is 2.47. The number of benzene rings is 1. The fourth-order valence-corrected chi connectivity index (χ4v) is 5.81. The molecular weight excluding hydrogens is 375 g/mol. The maximum Gasteiger partial charge on any atom is 0.150 e. The van der Waals surface area contributed by atoms with E-state index in [4.69, 9.17) is 23.2 Å². The van der Waals surface area contributed by atoms with Crippen molar-refractivity contribution in [3.63, 3.8) is 0 Å². The first-order chi connectivity index (χ1) is 12.0. The monoisotopic (exact) mass is 392 g/mol. The summed E-state index contributed by atoms with van der Waals surface area (Å²) in [7, 11) is 0. The molecule has 0 saturated heterocycles. The molecule has 4 rings (SSSR count). The number of hydrogen-bond acceptors (Lipinski definition) is 3. The molecule has 2 fully saturated rings. The first-order valence-electron chi connectivity index (χ1n) is 8.65. The van der Waals surface area contributed by atoms with Gasteiger partial charge in [-0.1, -0.05) is 42.3 Å². The number of thiophene rings is 1. The number of halogens is 2. The Morgan fingerprint density at radius 2 is 1.76 bits per heavy atom. The summed E-state index contributed by atoms with van der Waals surface area (Å²) in [5.74, 6) is -0.269. The quantitative estimate of drug-likeness (QED) is 0.605. The molecule has 2 aliphatic carbocycles. The molecule has 25 heavy (non-hydrogen) atoms. The third kappa shape index (κ3) is 2.87.